The molecule has 0 saturated heterocycles. The van der Waals surface area contributed by atoms with Crippen molar-refractivity contribution >= 4 is 0 Å². The van der Waals surface area contributed by atoms with Crippen LogP contribution in [0.2, 0.25) is 0 Å². The zero-order valence-electron chi connectivity index (χ0n) is 10.7. The van der Waals surface area contributed by atoms with E-state index in [0.717, 1.165) is 11.8 Å². The molecule has 2 aliphatic rings. The van der Waals surface area contributed by atoms with E-state index in [1.807, 2.05) is 0 Å². The third-order valence-electron chi connectivity index (χ3n) is 3.95. The summed E-state index contributed by atoms with van der Waals surface area (Å²) in [5, 5.41) is 0. The third kappa shape index (κ3) is 3.61. The number of hydrogen-bond acceptors (Lipinski definition) is 0. The Balaban J connectivity index is 0.00000128. The molecule has 2 saturated carbocycles. The Labute approximate surface area is 94.8 Å². The summed E-state index contributed by atoms with van der Waals surface area (Å²) in [5.74, 6) is 9.48. The van der Waals surface area contributed by atoms with E-state index in [1.54, 1.807) is 0 Å². The number of hydrogen-bond donors (Lipinski definition) is 0. The van der Waals surface area contributed by atoms with Crippen LogP contribution in [0.25, 0.3) is 0 Å². The van der Waals surface area contributed by atoms with E-state index < -0.39 is 0 Å². The van der Waals surface area contributed by atoms with E-state index in [-0.39, 0.29) is 0 Å². The summed E-state index contributed by atoms with van der Waals surface area (Å²) < 4.78 is 0. The topological polar surface area (TPSA) is 0 Å². The van der Waals surface area contributed by atoms with Crippen LogP contribution in [-0.4, -0.2) is 0 Å². The van der Waals surface area contributed by atoms with Crippen molar-refractivity contribution in [3.05, 3.63) is 6.42 Å². The van der Waals surface area contributed by atoms with Crippen molar-refractivity contribution < 1.29 is 0 Å². The molecule has 0 aromatic carbocycles. The molecule has 0 nitrogen and oxygen atoms in total. The van der Waals surface area contributed by atoms with Crippen LogP contribution < -0.4 is 0 Å². The van der Waals surface area contributed by atoms with Crippen LogP contribution in [0.15, 0.2) is 0 Å². The standard InChI is InChI=1S/C15H23.Rf/c1-13-7-9-15(10-8-13)12-11-14-5-3-2-4-6-14;/h2,13-15H,3-10H2,1H3;/q-1;. The first-order valence-corrected chi connectivity index (χ1v) is 6.67. The van der Waals surface area contributed by atoms with Gasteiger partial charge in [0.2, 0.25) is 0 Å². The normalized spacial score (nSPS) is 31.1. The summed E-state index contributed by atoms with van der Waals surface area (Å²) in [6, 6.07) is 0. The van der Waals surface area contributed by atoms with Gasteiger partial charge in [-0.1, -0.05) is 31.6 Å². The van der Waals surface area contributed by atoms with Crippen molar-refractivity contribution in [2.24, 2.45) is 17.8 Å². The Morgan fingerprint density at radius 3 is 1.88 bits per heavy atom. The SMILES string of the molecule is CC1CCC(C#CC2CC[CH-]CC2)CC1.[Rf]. The van der Waals surface area contributed by atoms with E-state index >= 15 is 0 Å². The van der Waals surface area contributed by atoms with Gasteiger partial charge in [0, 0.05) is 11.8 Å². The molecule has 0 aromatic rings. The smallest absolute Gasteiger partial charge is 0.0203 e. The minimum absolute atomic E-state index is 0. The number of rotatable bonds is 0. The zero-order chi connectivity index (χ0) is 10.5. The molecule has 2 fully saturated rings. The van der Waals surface area contributed by atoms with Crippen LogP contribution in [0, 0.1) is 36.0 Å². The van der Waals surface area contributed by atoms with Gasteiger partial charge in [-0.05, 0) is 31.6 Å². The van der Waals surface area contributed by atoms with Gasteiger partial charge in [0.15, 0.2) is 0 Å². The Hall–Kier alpha value is -1.44. The van der Waals surface area contributed by atoms with Crippen LogP contribution >= 0.6 is 0 Å². The molecule has 0 aromatic heterocycles. The largest absolute Gasteiger partial charge is 0.328 e. The fraction of sp³-hybridized carbons (Fsp3) is 0.800. The first-order chi connectivity index (χ1) is 7.34. The quantitative estimate of drug-likeness (QED) is 0.368. The average Bonchev–Trinajstić information content (AvgIpc) is 2.30. The maximum absolute atomic E-state index is 3.55. The summed E-state index contributed by atoms with van der Waals surface area (Å²) in [4.78, 5) is 0. The molecule has 0 heterocycles. The fourth-order valence-electron chi connectivity index (χ4n) is 2.71. The molecule has 86 valence electrons. The molecule has 0 radical (unpaired) electrons. The van der Waals surface area contributed by atoms with Crippen molar-refractivity contribution in [1.29, 1.82) is 0 Å². The summed E-state index contributed by atoms with van der Waals surface area (Å²) >= 11 is 0. The van der Waals surface area contributed by atoms with Gasteiger partial charge in [-0.3, -0.25) is 0 Å². The van der Waals surface area contributed by atoms with Crippen molar-refractivity contribution in [3.8, 4) is 11.8 Å². The molecule has 0 unspecified atom stereocenters. The van der Waals surface area contributed by atoms with Crippen LogP contribution in [-0.2, 0) is 0 Å². The molecular formula is C15H23Rf-. The van der Waals surface area contributed by atoms with Crippen LogP contribution in [0.1, 0.15) is 58.3 Å². The van der Waals surface area contributed by atoms with Gasteiger partial charge < -0.3 is 6.42 Å². The molecule has 2 rings (SSSR count). The third-order valence-corrected chi connectivity index (χ3v) is 3.95. The fourth-order valence-corrected chi connectivity index (χ4v) is 2.71. The van der Waals surface area contributed by atoms with E-state index in [1.165, 1.54) is 51.4 Å². The monoisotopic (exact) mass is 470 g/mol. The molecule has 16 heavy (non-hydrogen) atoms. The second kappa shape index (κ2) is 6.21. The minimum Gasteiger partial charge on any atom is -0.328 e. The molecule has 1 heteroatoms. The van der Waals surface area contributed by atoms with Crippen molar-refractivity contribution in [1.82, 2.24) is 0 Å². The molecular weight excluding hydrogens is 447 g/mol. The van der Waals surface area contributed by atoms with Gasteiger partial charge >= 0.3 is 0 Å². The van der Waals surface area contributed by atoms with Crippen LogP contribution in [0.4, 0.5) is 0 Å². The molecule has 0 bridgehead atoms. The van der Waals surface area contributed by atoms with E-state index in [9.17, 15) is 0 Å². The second-order valence-corrected chi connectivity index (χ2v) is 5.39. The van der Waals surface area contributed by atoms with Gasteiger partial charge in [0.1, 0.15) is 0 Å². The first-order valence-electron chi connectivity index (χ1n) is 6.67. The molecule has 0 spiro atoms. The summed E-state index contributed by atoms with van der Waals surface area (Å²) in [5.41, 5.74) is 0. The predicted octanol–water partition coefficient (Wildman–Crippen LogP) is 4.21. The van der Waals surface area contributed by atoms with Gasteiger partial charge in [-0.2, -0.15) is 12.8 Å². The molecule has 0 N–H and O–H groups in total. The average molecular weight is 470 g/mol. The van der Waals surface area contributed by atoms with Crippen molar-refractivity contribution in [3.63, 3.8) is 0 Å². The first kappa shape index (κ1) is 12.6. The van der Waals surface area contributed by atoms with Crippen molar-refractivity contribution in [2.75, 3.05) is 0 Å². The molecule has 0 atom stereocenters. The Morgan fingerprint density at radius 1 is 0.812 bits per heavy atom. The van der Waals surface area contributed by atoms with Crippen LogP contribution in [0.3, 0.4) is 0 Å². The van der Waals surface area contributed by atoms with Crippen molar-refractivity contribution in [2.45, 2.75) is 58.3 Å². The molecule has 0 amide bonds. The van der Waals surface area contributed by atoms with Gasteiger partial charge in [0.05, 0.1) is 0 Å². The maximum Gasteiger partial charge on any atom is 0.0203 e. The van der Waals surface area contributed by atoms with E-state index in [0.29, 0.717) is 5.92 Å². The maximum atomic E-state index is 3.55. The van der Waals surface area contributed by atoms with Gasteiger partial charge in [-0.25, -0.2) is 0 Å². The summed E-state index contributed by atoms with van der Waals surface area (Å²) in [6.07, 6.45) is 13.1. The summed E-state index contributed by atoms with van der Waals surface area (Å²) in [7, 11) is 0. The second-order valence-electron chi connectivity index (χ2n) is 5.39. The van der Waals surface area contributed by atoms with Gasteiger partial charge in [-0.15, -0.1) is 0 Å². The Bertz CT molecular complexity index is 234. The van der Waals surface area contributed by atoms with Crippen LogP contribution in [0.5, 0.6) is 0 Å². The predicted molar refractivity (Wildman–Crippen MR) is 65.2 cm³/mol. The minimum atomic E-state index is 0. The molecule has 0 aliphatic heterocycles. The molecule has 2 aliphatic carbocycles. The Kier molecular flexibility index (Phi) is 4.90. The zero-order valence-corrected chi connectivity index (χ0v) is 17.1. The summed E-state index contributed by atoms with van der Waals surface area (Å²) in [6.45, 7) is 2.38. The Morgan fingerprint density at radius 2 is 1.31 bits per heavy atom. The van der Waals surface area contributed by atoms with Gasteiger partial charge in [0.25, 0.3) is 0 Å². The van der Waals surface area contributed by atoms with E-state index in [2.05, 4.69) is 25.2 Å². The van der Waals surface area contributed by atoms with E-state index in [4.69, 9.17) is 0 Å².